The maximum Gasteiger partial charge on any atom is 0.393 e. The third-order valence-corrected chi connectivity index (χ3v) is 2.37. The van der Waals surface area contributed by atoms with Crippen LogP contribution < -0.4 is 5.32 Å². The maximum absolute atomic E-state index is 12.3. The summed E-state index contributed by atoms with van der Waals surface area (Å²) < 4.78 is 36.9. The molecule has 1 N–H and O–H groups in total. The average molecular weight is 181 g/mol. The van der Waals surface area contributed by atoms with Gasteiger partial charge in [0.2, 0.25) is 0 Å². The molecule has 0 aromatic rings. The molecule has 1 rings (SSSR count). The van der Waals surface area contributed by atoms with Crippen LogP contribution in [0.2, 0.25) is 0 Å². The van der Waals surface area contributed by atoms with E-state index in [0.29, 0.717) is 13.0 Å². The van der Waals surface area contributed by atoms with Gasteiger partial charge in [0, 0.05) is 6.04 Å². The van der Waals surface area contributed by atoms with Crippen molar-refractivity contribution in [1.29, 1.82) is 0 Å². The molecule has 12 heavy (non-hydrogen) atoms. The Morgan fingerprint density at radius 2 is 2.08 bits per heavy atom. The number of hydrogen-bond donors (Lipinski definition) is 1. The molecule has 1 heterocycles. The Kier molecular flexibility index (Phi) is 2.99. The molecule has 4 heteroatoms. The van der Waals surface area contributed by atoms with Gasteiger partial charge in [0.25, 0.3) is 0 Å². The van der Waals surface area contributed by atoms with Crippen molar-refractivity contribution in [3.05, 3.63) is 0 Å². The standard InChI is InChI=1S/C8H14F3N/c1-2-3-7-6(4-5-12-7)8(9,10)11/h6-7,12H,2-5H2,1H3. The van der Waals surface area contributed by atoms with Gasteiger partial charge < -0.3 is 5.32 Å². The molecular formula is C8H14F3N. The number of nitrogens with one attached hydrogen (secondary N) is 1. The lowest BCUT2D eigenvalue weighted by atomic mass is 9.97. The Balaban J connectivity index is 2.52. The highest BCUT2D eigenvalue weighted by molar-refractivity contribution is 4.87. The van der Waals surface area contributed by atoms with Crippen molar-refractivity contribution < 1.29 is 13.2 Å². The lowest BCUT2D eigenvalue weighted by Crippen LogP contribution is -2.35. The molecule has 2 unspecified atom stereocenters. The third kappa shape index (κ3) is 2.12. The molecule has 0 aromatic heterocycles. The summed E-state index contributed by atoms with van der Waals surface area (Å²) >= 11 is 0. The fraction of sp³-hybridized carbons (Fsp3) is 1.00. The zero-order valence-corrected chi connectivity index (χ0v) is 7.12. The van der Waals surface area contributed by atoms with E-state index < -0.39 is 12.1 Å². The lowest BCUT2D eigenvalue weighted by molar-refractivity contribution is -0.176. The van der Waals surface area contributed by atoms with E-state index in [1.807, 2.05) is 6.92 Å². The molecule has 1 aliphatic rings. The molecule has 0 saturated carbocycles. The van der Waals surface area contributed by atoms with E-state index in [2.05, 4.69) is 5.32 Å². The first-order valence-corrected chi connectivity index (χ1v) is 4.35. The largest absolute Gasteiger partial charge is 0.393 e. The van der Waals surface area contributed by atoms with Crippen molar-refractivity contribution in [1.82, 2.24) is 5.32 Å². The number of rotatable bonds is 2. The van der Waals surface area contributed by atoms with Crippen LogP contribution in [-0.2, 0) is 0 Å². The molecule has 0 aliphatic carbocycles. The summed E-state index contributed by atoms with van der Waals surface area (Å²) in [6.07, 6.45) is -2.33. The highest BCUT2D eigenvalue weighted by Crippen LogP contribution is 2.35. The second kappa shape index (κ2) is 3.64. The van der Waals surface area contributed by atoms with Gasteiger partial charge in [0.1, 0.15) is 0 Å². The maximum atomic E-state index is 12.3. The fourth-order valence-electron chi connectivity index (χ4n) is 1.77. The first kappa shape index (κ1) is 9.84. The van der Waals surface area contributed by atoms with E-state index in [9.17, 15) is 13.2 Å². The van der Waals surface area contributed by atoms with Gasteiger partial charge in [0.05, 0.1) is 5.92 Å². The predicted molar refractivity (Wildman–Crippen MR) is 40.9 cm³/mol. The molecule has 72 valence electrons. The van der Waals surface area contributed by atoms with Crippen LogP contribution in [0.3, 0.4) is 0 Å². The summed E-state index contributed by atoms with van der Waals surface area (Å²) in [6.45, 7) is 2.42. The summed E-state index contributed by atoms with van der Waals surface area (Å²) in [4.78, 5) is 0. The summed E-state index contributed by atoms with van der Waals surface area (Å²) in [7, 11) is 0. The van der Waals surface area contributed by atoms with Crippen LogP contribution in [0, 0.1) is 5.92 Å². The SMILES string of the molecule is CCCC1NCCC1C(F)(F)F. The van der Waals surface area contributed by atoms with E-state index in [1.54, 1.807) is 0 Å². The fourth-order valence-corrected chi connectivity index (χ4v) is 1.77. The molecule has 0 radical (unpaired) electrons. The normalized spacial score (nSPS) is 31.0. The van der Waals surface area contributed by atoms with Gasteiger partial charge in [-0.05, 0) is 19.4 Å². The van der Waals surface area contributed by atoms with Crippen LogP contribution in [0.25, 0.3) is 0 Å². The quantitative estimate of drug-likeness (QED) is 0.689. The highest BCUT2D eigenvalue weighted by atomic mass is 19.4. The summed E-state index contributed by atoms with van der Waals surface area (Å²) in [5.41, 5.74) is 0. The Hall–Kier alpha value is -0.250. The number of halogens is 3. The van der Waals surface area contributed by atoms with Crippen molar-refractivity contribution in [2.45, 2.75) is 38.4 Å². The molecule has 1 saturated heterocycles. The Morgan fingerprint density at radius 3 is 2.58 bits per heavy atom. The molecule has 1 aliphatic heterocycles. The summed E-state index contributed by atoms with van der Waals surface area (Å²) in [5, 5.41) is 2.89. The van der Waals surface area contributed by atoms with Gasteiger partial charge in [-0.1, -0.05) is 13.3 Å². The molecule has 0 bridgehead atoms. The van der Waals surface area contributed by atoms with Gasteiger partial charge in [-0.25, -0.2) is 0 Å². The van der Waals surface area contributed by atoms with E-state index in [1.165, 1.54) is 0 Å². The van der Waals surface area contributed by atoms with E-state index in [4.69, 9.17) is 0 Å². The monoisotopic (exact) mass is 181 g/mol. The second-order valence-corrected chi connectivity index (χ2v) is 3.29. The molecule has 1 fully saturated rings. The first-order valence-electron chi connectivity index (χ1n) is 4.35. The summed E-state index contributed by atoms with van der Waals surface area (Å²) in [5.74, 6) is -1.11. The highest BCUT2D eigenvalue weighted by Gasteiger charge is 2.46. The first-order chi connectivity index (χ1) is 5.55. The zero-order valence-electron chi connectivity index (χ0n) is 7.12. The van der Waals surface area contributed by atoms with Gasteiger partial charge in [-0.15, -0.1) is 0 Å². The minimum atomic E-state index is -4.01. The number of hydrogen-bond acceptors (Lipinski definition) is 1. The lowest BCUT2D eigenvalue weighted by Gasteiger charge is -2.21. The van der Waals surface area contributed by atoms with E-state index in [-0.39, 0.29) is 12.5 Å². The topological polar surface area (TPSA) is 12.0 Å². The minimum Gasteiger partial charge on any atom is -0.313 e. The van der Waals surface area contributed by atoms with Crippen molar-refractivity contribution in [2.75, 3.05) is 6.54 Å². The van der Waals surface area contributed by atoms with Crippen LogP contribution in [0.5, 0.6) is 0 Å². The third-order valence-electron chi connectivity index (χ3n) is 2.37. The van der Waals surface area contributed by atoms with Gasteiger partial charge in [0.15, 0.2) is 0 Å². The van der Waals surface area contributed by atoms with Gasteiger partial charge >= 0.3 is 6.18 Å². The van der Waals surface area contributed by atoms with Crippen molar-refractivity contribution in [2.24, 2.45) is 5.92 Å². The van der Waals surface area contributed by atoms with Crippen molar-refractivity contribution in [3.63, 3.8) is 0 Å². The Morgan fingerprint density at radius 1 is 1.42 bits per heavy atom. The predicted octanol–water partition coefficient (Wildman–Crippen LogP) is 2.33. The Labute approximate surface area is 70.3 Å². The molecular weight excluding hydrogens is 167 g/mol. The molecule has 0 spiro atoms. The minimum absolute atomic E-state index is 0.244. The van der Waals surface area contributed by atoms with Crippen molar-refractivity contribution in [3.8, 4) is 0 Å². The number of alkyl halides is 3. The van der Waals surface area contributed by atoms with Crippen LogP contribution in [0.15, 0.2) is 0 Å². The average Bonchev–Trinajstić information content (AvgIpc) is 2.34. The second-order valence-electron chi connectivity index (χ2n) is 3.29. The van der Waals surface area contributed by atoms with Crippen molar-refractivity contribution >= 4 is 0 Å². The molecule has 0 amide bonds. The van der Waals surface area contributed by atoms with Crippen LogP contribution >= 0.6 is 0 Å². The van der Waals surface area contributed by atoms with Crippen LogP contribution in [0.4, 0.5) is 13.2 Å². The molecule has 1 nitrogen and oxygen atoms in total. The zero-order chi connectivity index (χ0) is 9.19. The van der Waals surface area contributed by atoms with Crippen LogP contribution in [0.1, 0.15) is 26.2 Å². The van der Waals surface area contributed by atoms with Gasteiger partial charge in [-0.2, -0.15) is 13.2 Å². The Bertz CT molecular complexity index is 144. The van der Waals surface area contributed by atoms with E-state index >= 15 is 0 Å². The van der Waals surface area contributed by atoms with Crippen LogP contribution in [-0.4, -0.2) is 18.8 Å². The smallest absolute Gasteiger partial charge is 0.313 e. The summed E-state index contributed by atoms with van der Waals surface area (Å²) in [6, 6.07) is -0.338. The molecule has 0 aromatic carbocycles. The van der Waals surface area contributed by atoms with E-state index in [0.717, 1.165) is 6.42 Å². The van der Waals surface area contributed by atoms with Gasteiger partial charge in [-0.3, -0.25) is 0 Å². The molecule has 2 atom stereocenters.